The Morgan fingerprint density at radius 2 is 1.75 bits per heavy atom. The molecule has 1 aromatic heterocycles. The van der Waals surface area contributed by atoms with Gasteiger partial charge in [-0.3, -0.25) is 4.79 Å². The highest BCUT2D eigenvalue weighted by atomic mass is 16.5. The molecule has 1 amide bonds. The third kappa shape index (κ3) is 3.98. The van der Waals surface area contributed by atoms with Gasteiger partial charge in [0.1, 0.15) is 18.2 Å². The number of aromatic nitrogens is 2. The van der Waals surface area contributed by atoms with Crippen LogP contribution in [0.4, 0.5) is 5.69 Å². The molecule has 5 heteroatoms. The number of amides is 1. The van der Waals surface area contributed by atoms with Crippen LogP contribution in [0.5, 0.6) is 5.75 Å². The molecule has 0 spiro atoms. The Hall–Kier alpha value is -3.60. The van der Waals surface area contributed by atoms with Crippen LogP contribution in [0.3, 0.4) is 0 Å². The summed E-state index contributed by atoms with van der Waals surface area (Å²) in [6.45, 7) is 5.98. The summed E-state index contributed by atoms with van der Waals surface area (Å²) >= 11 is 0. The van der Waals surface area contributed by atoms with Crippen LogP contribution < -0.4 is 9.64 Å². The first-order valence-corrected chi connectivity index (χ1v) is 11.1. The minimum Gasteiger partial charge on any atom is -0.492 e. The number of ether oxygens (including phenoxy) is 1. The number of aryl methyl sites for hydroxylation is 2. The lowest BCUT2D eigenvalue weighted by molar-refractivity contribution is -0.117. The van der Waals surface area contributed by atoms with Gasteiger partial charge in [-0.25, -0.2) is 4.98 Å². The van der Waals surface area contributed by atoms with Crippen molar-refractivity contribution in [1.29, 1.82) is 0 Å². The summed E-state index contributed by atoms with van der Waals surface area (Å²) in [5, 5.41) is 0. The molecular weight excluding hydrogens is 398 g/mol. The fourth-order valence-corrected chi connectivity index (χ4v) is 4.53. The highest BCUT2D eigenvalue weighted by molar-refractivity contribution is 5.96. The van der Waals surface area contributed by atoms with Crippen molar-refractivity contribution in [2.75, 3.05) is 18.1 Å². The second-order valence-corrected chi connectivity index (χ2v) is 8.52. The highest BCUT2D eigenvalue weighted by Crippen LogP contribution is 2.33. The molecule has 5 nitrogen and oxygen atoms in total. The molecule has 0 radical (unpaired) electrons. The Kier molecular flexibility index (Phi) is 5.39. The second-order valence-electron chi connectivity index (χ2n) is 8.52. The fourth-order valence-electron chi connectivity index (χ4n) is 4.53. The van der Waals surface area contributed by atoms with E-state index in [2.05, 4.69) is 42.7 Å². The molecule has 3 aromatic carbocycles. The zero-order valence-electron chi connectivity index (χ0n) is 18.5. The summed E-state index contributed by atoms with van der Waals surface area (Å²) in [6, 6.07) is 24.4. The number of para-hydroxylation sites is 2. The van der Waals surface area contributed by atoms with Gasteiger partial charge in [0, 0.05) is 24.6 Å². The molecule has 5 rings (SSSR count). The third-order valence-electron chi connectivity index (χ3n) is 6.06. The van der Waals surface area contributed by atoms with Crippen molar-refractivity contribution in [2.45, 2.75) is 32.7 Å². The molecule has 1 unspecified atom stereocenters. The summed E-state index contributed by atoms with van der Waals surface area (Å²) in [6.07, 6.45) is 0.468. The smallest absolute Gasteiger partial charge is 0.227 e. The topological polar surface area (TPSA) is 47.4 Å². The molecule has 0 N–H and O–H groups in total. The van der Waals surface area contributed by atoms with Gasteiger partial charge < -0.3 is 14.2 Å². The third-order valence-corrected chi connectivity index (χ3v) is 6.06. The van der Waals surface area contributed by atoms with Crippen LogP contribution in [-0.4, -0.2) is 28.6 Å². The number of benzene rings is 3. The molecule has 4 aromatic rings. The monoisotopic (exact) mass is 425 g/mol. The second kappa shape index (κ2) is 8.50. The SMILES string of the molecule is Cc1cccc(OCCn2c(C3CC(=O)N(c4cccc(C)c4)C3)nc3ccccc32)c1. The average Bonchev–Trinajstić information content (AvgIpc) is 3.34. The Bertz CT molecular complexity index is 1280. The fraction of sp³-hybridized carbons (Fsp3) is 0.259. The van der Waals surface area contributed by atoms with E-state index in [1.807, 2.05) is 53.4 Å². The Labute approximate surface area is 188 Å². The van der Waals surface area contributed by atoms with E-state index in [0.29, 0.717) is 26.1 Å². The van der Waals surface area contributed by atoms with Crippen molar-refractivity contribution in [2.24, 2.45) is 0 Å². The van der Waals surface area contributed by atoms with Crippen molar-refractivity contribution in [3.63, 3.8) is 0 Å². The van der Waals surface area contributed by atoms with E-state index in [-0.39, 0.29) is 11.8 Å². The number of hydrogen-bond acceptors (Lipinski definition) is 3. The van der Waals surface area contributed by atoms with Crippen LogP contribution >= 0.6 is 0 Å². The lowest BCUT2D eigenvalue weighted by atomic mass is 10.1. The van der Waals surface area contributed by atoms with Crippen molar-refractivity contribution >= 4 is 22.6 Å². The number of hydrogen-bond donors (Lipinski definition) is 0. The zero-order valence-corrected chi connectivity index (χ0v) is 18.5. The maximum absolute atomic E-state index is 12.9. The molecule has 1 aliphatic rings. The van der Waals surface area contributed by atoms with Crippen LogP contribution in [-0.2, 0) is 11.3 Å². The van der Waals surface area contributed by atoms with Gasteiger partial charge in [0.2, 0.25) is 5.91 Å². The lowest BCUT2D eigenvalue weighted by Crippen LogP contribution is -2.24. The largest absolute Gasteiger partial charge is 0.492 e. The molecule has 162 valence electrons. The predicted octanol–water partition coefficient (Wildman–Crippen LogP) is 5.25. The molecular formula is C27H27N3O2. The summed E-state index contributed by atoms with van der Waals surface area (Å²) < 4.78 is 8.25. The molecule has 32 heavy (non-hydrogen) atoms. The maximum atomic E-state index is 12.9. The first-order chi connectivity index (χ1) is 15.6. The van der Waals surface area contributed by atoms with E-state index < -0.39 is 0 Å². The van der Waals surface area contributed by atoms with Crippen molar-refractivity contribution < 1.29 is 9.53 Å². The van der Waals surface area contributed by atoms with Gasteiger partial charge in [-0.1, -0.05) is 36.4 Å². The number of nitrogens with zero attached hydrogens (tertiary/aromatic N) is 3. The molecule has 1 saturated heterocycles. The minimum absolute atomic E-state index is 0.0504. The van der Waals surface area contributed by atoms with Gasteiger partial charge in [0.05, 0.1) is 17.6 Å². The summed E-state index contributed by atoms with van der Waals surface area (Å²) in [4.78, 5) is 19.7. The van der Waals surface area contributed by atoms with Crippen LogP contribution in [0, 0.1) is 13.8 Å². The molecule has 0 saturated carbocycles. The van der Waals surface area contributed by atoms with E-state index in [0.717, 1.165) is 33.9 Å². The highest BCUT2D eigenvalue weighted by Gasteiger charge is 2.34. The van der Waals surface area contributed by atoms with Crippen molar-refractivity contribution in [1.82, 2.24) is 9.55 Å². The number of imidazole rings is 1. The van der Waals surface area contributed by atoms with Gasteiger partial charge >= 0.3 is 0 Å². The van der Waals surface area contributed by atoms with Gasteiger partial charge in [-0.05, 0) is 61.4 Å². The van der Waals surface area contributed by atoms with E-state index in [9.17, 15) is 4.79 Å². The number of carbonyl (C=O) groups excluding carboxylic acids is 1. The summed E-state index contributed by atoms with van der Waals surface area (Å²) in [5.74, 6) is 2.03. The van der Waals surface area contributed by atoms with Gasteiger partial charge in [-0.2, -0.15) is 0 Å². The Morgan fingerprint density at radius 1 is 0.969 bits per heavy atom. The first kappa shape index (κ1) is 20.3. The molecule has 0 aliphatic carbocycles. The Balaban J connectivity index is 1.41. The van der Waals surface area contributed by atoms with Gasteiger partial charge in [0.25, 0.3) is 0 Å². The minimum atomic E-state index is 0.0504. The van der Waals surface area contributed by atoms with Crippen molar-refractivity contribution in [3.8, 4) is 5.75 Å². The summed E-state index contributed by atoms with van der Waals surface area (Å²) in [7, 11) is 0. The van der Waals surface area contributed by atoms with E-state index in [1.165, 1.54) is 5.56 Å². The van der Waals surface area contributed by atoms with E-state index >= 15 is 0 Å². The molecule has 2 heterocycles. The van der Waals surface area contributed by atoms with Crippen LogP contribution in [0.1, 0.15) is 29.3 Å². The summed E-state index contributed by atoms with van der Waals surface area (Å²) in [5.41, 5.74) is 5.33. The van der Waals surface area contributed by atoms with Crippen LogP contribution in [0.25, 0.3) is 11.0 Å². The first-order valence-electron chi connectivity index (χ1n) is 11.1. The standard InChI is InChI=1S/C27H27N3O2/c1-19-7-5-9-22(15-19)30-18-21(17-26(30)31)27-28-24-11-3-4-12-25(24)29(27)13-14-32-23-10-6-8-20(2)16-23/h3-12,15-16,21H,13-14,17-18H2,1-2H3. The van der Waals surface area contributed by atoms with E-state index in [1.54, 1.807) is 0 Å². The maximum Gasteiger partial charge on any atom is 0.227 e. The zero-order chi connectivity index (χ0) is 22.1. The van der Waals surface area contributed by atoms with Gasteiger partial charge in [0.15, 0.2) is 0 Å². The lowest BCUT2D eigenvalue weighted by Gasteiger charge is -2.18. The quantitative estimate of drug-likeness (QED) is 0.424. The van der Waals surface area contributed by atoms with Gasteiger partial charge in [-0.15, -0.1) is 0 Å². The predicted molar refractivity (Wildman–Crippen MR) is 127 cm³/mol. The Morgan fingerprint density at radius 3 is 2.56 bits per heavy atom. The normalized spacial score (nSPS) is 16.1. The molecule has 1 fully saturated rings. The number of fused-ring (bicyclic) bond motifs is 1. The van der Waals surface area contributed by atoms with Crippen molar-refractivity contribution in [3.05, 3.63) is 89.7 Å². The van der Waals surface area contributed by atoms with Crippen LogP contribution in [0.15, 0.2) is 72.8 Å². The van der Waals surface area contributed by atoms with Crippen LogP contribution in [0.2, 0.25) is 0 Å². The number of anilines is 1. The molecule has 1 atom stereocenters. The number of rotatable bonds is 6. The van der Waals surface area contributed by atoms with E-state index in [4.69, 9.17) is 9.72 Å². The number of carbonyl (C=O) groups is 1. The molecule has 0 bridgehead atoms. The average molecular weight is 426 g/mol. The molecule has 1 aliphatic heterocycles.